The van der Waals surface area contributed by atoms with Gasteiger partial charge in [-0.05, 0) is 88.1 Å². The average Bonchev–Trinajstić information content (AvgIpc) is 3.83. The number of halogens is 2. The van der Waals surface area contributed by atoms with Crippen molar-refractivity contribution in [2.45, 2.75) is 63.6 Å². The fourth-order valence-corrected chi connectivity index (χ4v) is 8.58. The molecular weight excluding hydrogens is 700 g/mol. The molecular formula is C34H42BrClN8O4. The van der Waals surface area contributed by atoms with Crippen LogP contribution in [0.5, 0.6) is 0 Å². The summed E-state index contributed by atoms with van der Waals surface area (Å²) in [4.78, 5) is 29.8. The van der Waals surface area contributed by atoms with Crippen molar-refractivity contribution in [2.24, 2.45) is 27.7 Å². The second-order valence-electron chi connectivity index (χ2n) is 13.8. The second-order valence-corrected chi connectivity index (χ2v) is 14.7. The fourth-order valence-electron chi connectivity index (χ4n) is 8.24. The largest absolute Gasteiger partial charge is 0.441 e. The van der Waals surface area contributed by atoms with Crippen LogP contribution in [0.1, 0.15) is 50.3 Å². The molecule has 256 valence electrons. The van der Waals surface area contributed by atoms with E-state index in [-0.39, 0.29) is 23.6 Å². The molecule has 8 aliphatic rings. The van der Waals surface area contributed by atoms with E-state index in [1.807, 2.05) is 50.2 Å². The summed E-state index contributed by atoms with van der Waals surface area (Å²) < 4.78 is 11.9. The zero-order valence-electron chi connectivity index (χ0n) is 27.3. The molecule has 2 atom stereocenters. The number of hydroxylamine groups is 1. The number of nitrogens with one attached hydrogen (secondary N) is 1. The van der Waals surface area contributed by atoms with Gasteiger partial charge >= 0.3 is 0 Å². The van der Waals surface area contributed by atoms with E-state index in [4.69, 9.17) is 29.2 Å². The van der Waals surface area contributed by atoms with E-state index in [0.717, 1.165) is 64.1 Å². The number of aromatic nitrogens is 2. The highest BCUT2D eigenvalue weighted by Crippen LogP contribution is 2.43. The lowest BCUT2D eigenvalue weighted by Gasteiger charge is -2.49. The summed E-state index contributed by atoms with van der Waals surface area (Å²) in [6.07, 6.45) is 6.68. The first kappa shape index (κ1) is 33.3. The van der Waals surface area contributed by atoms with Gasteiger partial charge in [-0.2, -0.15) is 0 Å². The normalized spacial score (nSPS) is 32.0. The number of nitrogens with zero attached hydrogens (tertiary/aromatic N) is 6. The molecule has 2 aromatic carbocycles. The molecule has 4 aromatic rings. The molecule has 0 saturated carbocycles. The van der Waals surface area contributed by atoms with E-state index >= 15 is 0 Å². The molecule has 10 heterocycles. The third-order valence-corrected chi connectivity index (χ3v) is 11.0. The minimum Gasteiger partial charge on any atom is -0.441 e. The Kier molecular flexibility index (Phi) is 9.18. The van der Waals surface area contributed by atoms with Crippen LogP contribution < -0.4 is 11.2 Å². The molecule has 12 nitrogen and oxygen atoms in total. The van der Waals surface area contributed by atoms with Gasteiger partial charge in [0.1, 0.15) is 28.3 Å². The Labute approximate surface area is 294 Å². The molecule has 0 unspecified atom stereocenters. The van der Waals surface area contributed by atoms with Crippen LogP contribution in [0.25, 0.3) is 22.2 Å². The predicted molar refractivity (Wildman–Crippen MR) is 189 cm³/mol. The molecule has 4 bridgehead atoms. The van der Waals surface area contributed by atoms with Gasteiger partial charge in [-0.3, -0.25) is 15.2 Å². The summed E-state index contributed by atoms with van der Waals surface area (Å²) in [6.45, 7) is 10.6. The zero-order chi connectivity index (χ0) is 32.2. The number of benzene rings is 2. The Morgan fingerprint density at radius 1 is 0.833 bits per heavy atom. The summed E-state index contributed by atoms with van der Waals surface area (Å²) in [5.41, 5.74) is 12.9. The van der Waals surface area contributed by atoms with E-state index in [1.165, 1.54) is 51.9 Å². The van der Waals surface area contributed by atoms with Gasteiger partial charge in [-0.15, -0.1) is 12.4 Å². The van der Waals surface area contributed by atoms with Crippen LogP contribution in [-0.2, 0) is 9.68 Å². The van der Waals surface area contributed by atoms with E-state index in [9.17, 15) is 0 Å². The van der Waals surface area contributed by atoms with Gasteiger partial charge in [0.25, 0.3) is 0 Å². The van der Waals surface area contributed by atoms with Crippen molar-refractivity contribution in [1.29, 1.82) is 0 Å². The number of hydrogen-bond donors (Lipinski definition) is 2. The van der Waals surface area contributed by atoms with Crippen molar-refractivity contribution in [3.05, 3.63) is 52.7 Å². The lowest BCUT2D eigenvalue weighted by atomic mass is 9.74. The summed E-state index contributed by atoms with van der Waals surface area (Å²) in [6, 6.07) is 11.6. The van der Waals surface area contributed by atoms with Gasteiger partial charge < -0.3 is 24.3 Å². The lowest BCUT2D eigenvalue weighted by Crippen LogP contribution is -2.59. The van der Waals surface area contributed by atoms with Gasteiger partial charge in [0, 0.05) is 49.8 Å². The predicted octanol–water partition coefficient (Wildman–Crippen LogP) is 6.02. The average molecular weight is 742 g/mol. The molecule has 0 amide bonds. The Hall–Kier alpha value is -3.23. The van der Waals surface area contributed by atoms with E-state index in [2.05, 4.69) is 46.3 Å². The number of hydrogen-bond acceptors (Lipinski definition) is 11. The van der Waals surface area contributed by atoms with Gasteiger partial charge in [0.15, 0.2) is 28.5 Å². The van der Waals surface area contributed by atoms with Crippen molar-refractivity contribution in [3.8, 4) is 0 Å². The number of rotatable bonds is 1. The summed E-state index contributed by atoms with van der Waals surface area (Å²) in [5, 5.41) is 3.90. The first-order valence-electron chi connectivity index (χ1n) is 16.6. The summed E-state index contributed by atoms with van der Waals surface area (Å²) in [7, 11) is 0. The van der Waals surface area contributed by atoms with Crippen LogP contribution >= 0.6 is 28.3 Å². The lowest BCUT2D eigenvalue weighted by molar-refractivity contribution is -0.150. The van der Waals surface area contributed by atoms with E-state index in [1.54, 1.807) is 0 Å². The molecule has 7 saturated heterocycles. The SMILES string of the molecule is Cc1nc2ccc(Br)cc2o1.Cc1nc2ccc(N=C3C[C@@]4(CN5CCC4CC5)ON3)cc2o1.Cl.NC1=NO[C@@]2(C1)CN1CCC2CC1. The molecule has 12 rings (SSSR count). The molecule has 14 heteroatoms. The van der Waals surface area contributed by atoms with Crippen molar-refractivity contribution in [1.82, 2.24) is 25.2 Å². The number of oxazole rings is 2. The topological polar surface area (TPSA) is 140 Å². The number of piperidine rings is 6. The van der Waals surface area contributed by atoms with Crippen LogP contribution in [0.15, 0.2) is 59.9 Å². The Morgan fingerprint density at radius 2 is 1.42 bits per heavy atom. The molecule has 0 radical (unpaired) electrons. The highest BCUT2D eigenvalue weighted by atomic mass is 79.9. The zero-order valence-corrected chi connectivity index (χ0v) is 29.7. The molecule has 3 N–H and O–H groups in total. The minimum absolute atomic E-state index is 0. The maximum atomic E-state index is 6.03. The smallest absolute Gasteiger partial charge is 0.192 e. The third-order valence-electron chi connectivity index (χ3n) is 10.5. The third kappa shape index (κ3) is 6.55. The molecule has 8 aliphatic heterocycles. The fraction of sp³-hybridized carbons (Fsp3) is 0.529. The van der Waals surface area contributed by atoms with Crippen LogP contribution in [0.2, 0.25) is 0 Å². The molecule has 2 spiro atoms. The standard InChI is InChI=1S/C17H20N4O2.C9H15N3O.C8H6BrNO.ClH/c1-11-18-14-3-2-13(8-15(14)22-11)19-16-9-17(23-20-16)10-21-6-4-12(17)5-7-21;10-8-5-9(13-11-8)6-12-3-1-7(9)2-4-12;1-5-10-7-3-2-6(9)4-8(7)11-5;/h2-3,8,12H,4-7,9-10H2,1H3,(H,19,20);7H,1-6H2,(H2,10,11);2-4H,1H3;1H/t17-;9-;;/m00../s1. The van der Waals surface area contributed by atoms with Crippen molar-refractivity contribution >= 4 is 67.9 Å². The van der Waals surface area contributed by atoms with Gasteiger partial charge in [-0.25, -0.2) is 15.0 Å². The summed E-state index contributed by atoms with van der Waals surface area (Å²) in [5.74, 6) is 4.30. The first-order valence-corrected chi connectivity index (χ1v) is 17.4. The maximum absolute atomic E-state index is 6.03. The number of aryl methyl sites for hydroxylation is 2. The number of nitrogens with two attached hydrogens (primary N) is 1. The van der Waals surface area contributed by atoms with Gasteiger partial charge in [-0.1, -0.05) is 21.1 Å². The van der Waals surface area contributed by atoms with Crippen LogP contribution in [0, 0.1) is 25.7 Å². The first-order chi connectivity index (χ1) is 22.7. The monoisotopic (exact) mass is 740 g/mol. The minimum atomic E-state index is -0.0811. The van der Waals surface area contributed by atoms with Crippen molar-refractivity contribution in [2.75, 3.05) is 39.3 Å². The molecule has 48 heavy (non-hydrogen) atoms. The van der Waals surface area contributed by atoms with Crippen molar-refractivity contribution < 1.29 is 18.5 Å². The number of amidine groups is 2. The van der Waals surface area contributed by atoms with E-state index in [0.29, 0.717) is 29.5 Å². The van der Waals surface area contributed by atoms with E-state index < -0.39 is 0 Å². The maximum Gasteiger partial charge on any atom is 0.192 e. The second kappa shape index (κ2) is 13.2. The Bertz CT molecular complexity index is 1850. The Balaban J connectivity index is 0.000000124. The van der Waals surface area contributed by atoms with Crippen LogP contribution in [-0.4, -0.2) is 81.9 Å². The quantitative estimate of drug-likeness (QED) is 0.238. The number of fused-ring (bicyclic) bond motifs is 6. The highest BCUT2D eigenvalue weighted by Gasteiger charge is 2.53. The Morgan fingerprint density at radius 3 is 1.98 bits per heavy atom. The number of oxime groups is 1. The molecule has 2 aromatic heterocycles. The molecule has 0 aliphatic carbocycles. The summed E-state index contributed by atoms with van der Waals surface area (Å²) >= 11 is 3.35. The van der Waals surface area contributed by atoms with Crippen LogP contribution in [0.3, 0.4) is 0 Å². The van der Waals surface area contributed by atoms with Crippen molar-refractivity contribution in [3.63, 3.8) is 0 Å². The van der Waals surface area contributed by atoms with Gasteiger partial charge in [0.2, 0.25) is 0 Å². The number of aliphatic imine (C=N–C) groups is 1. The van der Waals surface area contributed by atoms with Crippen LogP contribution in [0.4, 0.5) is 5.69 Å². The highest BCUT2D eigenvalue weighted by molar-refractivity contribution is 9.10. The molecule has 7 fully saturated rings. The van der Waals surface area contributed by atoms with Gasteiger partial charge in [0.05, 0.1) is 12.1 Å².